The summed E-state index contributed by atoms with van der Waals surface area (Å²) in [6.45, 7) is 7.67. The highest BCUT2D eigenvalue weighted by atomic mass is 35.5. The number of likely N-dealkylation sites (tertiary alicyclic amines) is 1. The maximum absolute atomic E-state index is 13.6. The molecule has 2 heterocycles. The van der Waals surface area contributed by atoms with Gasteiger partial charge in [0.25, 0.3) is 5.91 Å². The number of nitrogen functional groups attached to an aromatic ring is 1. The molecule has 0 aromatic heterocycles. The predicted octanol–water partition coefficient (Wildman–Crippen LogP) is 1.88. The minimum atomic E-state index is -0.870. The normalized spacial score (nSPS) is 23.7. The van der Waals surface area contributed by atoms with Crippen LogP contribution in [-0.2, 0) is 19.1 Å². The summed E-state index contributed by atoms with van der Waals surface area (Å²) in [6, 6.07) is 2.56. The Balaban J connectivity index is 1.75. The fraction of sp³-hybridized carbons (Fsp3) is 0.565. The molecule has 4 N–H and O–H groups in total. The van der Waals surface area contributed by atoms with Gasteiger partial charge in [0, 0.05) is 12.1 Å². The zero-order valence-corrected chi connectivity index (χ0v) is 20.1. The van der Waals surface area contributed by atoms with Gasteiger partial charge in [0.1, 0.15) is 18.2 Å². The Kier molecular flexibility index (Phi) is 7.21. The lowest BCUT2D eigenvalue weighted by Gasteiger charge is -2.35. The fourth-order valence-electron chi connectivity index (χ4n) is 4.13. The van der Waals surface area contributed by atoms with Crippen molar-refractivity contribution in [1.29, 1.82) is 0 Å². The molecule has 1 aromatic rings. The molecule has 2 saturated heterocycles. The number of hydrogen-bond donors (Lipinski definition) is 3. The van der Waals surface area contributed by atoms with Crippen LogP contribution in [-0.4, -0.2) is 59.4 Å². The van der Waals surface area contributed by atoms with Gasteiger partial charge < -0.3 is 26.0 Å². The Bertz CT molecular complexity index is 961. The molecule has 0 spiro atoms. The average Bonchev–Trinajstić information content (AvgIpc) is 3.33. The number of carbonyl (C=O) groups excluding carboxylic acids is 4. The summed E-state index contributed by atoms with van der Waals surface area (Å²) >= 11 is 6.04. The number of anilines is 1. The molecule has 2 aliphatic rings. The van der Waals surface area contributed by atoms with E-state index < -0.39 is 35.6 Å². The van der Waals surface area contributed by atoms with Crippen LogP contribution in [0.1, 0.15) is 57.3 Å². The highest BCUT2D eigenvalue weighted by Crippen LogP contribution is 2.27. The molecule has 3 rings (SSSR count). The van der Waals surface area contributed by atoms with Crippen molar-refractivity contribution in [3.8, 4) is 0 Å². The molecule has 0 aliphatic carbocycles. The fourth-order valence-corrected chi connectivity index (χ4v) is 4.31. The van der Waals surface area contributed by atoms with Crippen LogP contribution in [0.5, 0.6) is 0 Å². The Morgan fingerprint density at radius 1 is 1.27 bits per heavy atom. The van der Waals surface area contributed by atoms with E-state index in [0.29, 0.717) is 25.1 Å². The molecule has 2 aliphatic heterocycles. The summed E-state index contributed by atoms with van der Waals surface area (Å²) < 4.78 is 5.10. The zero-order chi connectivity index (χ0) is 24.5. The summed E-state index contributed by atoms with van der Waals surface area (Å²) in [7, 11) is 0. The third kappa shape index (κ3) is 5.58. The summed E-state index contributed by atoms with van der Waals surface area (Å²) in [4.78, 5) is 52.4. The van der Waals surface area contributed by atoms with Crippen molar-refractivity contribution in [3.05, 3.63) is 28.8 Å². The van der Waals surface area contributed by atoms with Gasteiger partial charge in [-0.25, -0.2) is 0 Å². The Morgan fingerprint density at radius 3 is 2.55 bits per heavy atom. The van der Waals surface area contributed by atoms with Gasteiger partial charge in [-0.15, -0.1) is 0 Å². The van der Waals surface area contributed by atoms with Gasteiger partial charge in [0.2, 0.25) is 11.8 Å². The van der Waals surface area contributed by atoms with Gasteiger partial charge in [0.15, 0.2) is 0 Å². The first-order chi connectivity index (χ1) is 15.4. The third-order valence-corrected chi connectivity index (χ3v) is 6.42. The number of amides is 3. The van der Waals surface area contributed by atoms with Gasteiger partial charge in [-0.05, 0) is 43.4 Å². The van der Waals surface area contributed by atoms with Crippen molar-refractivity contribution >= 4 is 41.0 Å². The lowest BCUT2D eigenvalue weighted by atomic mass is 9.85. The first-order valence-corrected chi connectivity index (χ1v) is 11.4. The number of rotatable bonds is 5. The van der Waals surface area contributed by atoms with E-state index in [4.69, 9.17) is 22.1 Å². The van der Waals surface area contributed by atoms with Crippen molar-refractivity contribution in [2.75, 3.05) is 12.3 Å². The van der Waals surface area contributed by atoms with E-state index in [1.165, 1.54) is 17.0 Å². The minimum Gasteiger partial charge on any atom is -0.460 e. The molecular formula is C23H31ClN4O5. The quantitative estimate of drug-likeness (QED) is 0.437. The van der Waals surface area contributed by atoms with E-state index >= 15 is 0 Å². The van der Waals surface area contributed by atoms with Gasteiger partial charge in [-0.1, -0.05) is 32.4 Å². The Morgan fingerprint density at radius 2 is 1.97 bits per heavy atom. The van der Waals surface area contributed by atoms with Crippen LogP contribution in [0.2, 0.25) is 5.02 Å². The smallest absolute Gasteiger partial charge is 0.308 e. The molecule has 9 nitrogen and oxygen atoms in total. The van der Waals surface area contributed by atoms with Crippen LogP contribution < -0.4 is 16.4 Å². The molecule has 180 valence electrons. The van der Waals surface area contributed by atoms with Crippen LogP contribution in [0.15, 0.2) is 18.2 Å². The van der Waals surface area contributed by atoms with Crippen LogP contribution >= 0.6 is 11.6 Å². The number of halogens is 1. The molecule has 10 heteroatoms. The number of nitrogens with one attached hydrogen (secondary N) is 2. The summed E-state index contributed by atoms with van der Waals surface area (Å²) in [5, 5.41) is 5.92. The molecular weight excluding hydrogens is 448 g/mol. The van der Waals surface area contributed by atoms with Crippen LogP contribution in [0, 0.1) is 5.41 Å². The number of nitrogens with two attached hydrogens (primary N) is 1. The molecule has 0 radical (unpaired) electrons. The molecule has 4 atom stereocenters. The largest absolute Gasteiger partial charge is 0.460 e. The Labute approximate surface area is 198 Å². The van der Waals surface area contributed by atoms with E-state index in [9.17, 15) is 19.2 Å². The topological polar surface area (TPSA) is 131 Å². The van der Waals surface area contributed by atoms with E-state index in [1.807, 2.05) is 20.8 Å². The third-order valence-electron chi connectivity index (χ3n) is 6.09. The van der Waals surface area contributed by atoms with E-state index in [2.05, 4.69) is 10.6 Å². The second-order valence-electron chi connectivity index (χ2n) is 9.71. The monoisotopic (exact) mass is 478 g/mol. The molecule has 0 saturated carbocycles. The highest BCUT2D eigenvalue weighted by molar-refractivity contribution is 6.33. The molecule has 0 bridgehead atoms. The van der Waals surface area contributed by atoms with Crippen molar-refractivity contribution in [1.82, 2.24) is 15.5 Å². The van der Waals surface area contributed by atoms with Gasteiger partial charge >= 0.3 is 5.97 Å². The van der Waals surface area contributed by atoms with E-state index in [1.54, 1.807) is 13.0 Å². The predicted molar refractivity (Wildman–Crippen MR) is 123 cm³/mol. The lowest BCUT2D eigenvalue weighted by molar-refractivity contribution is -0.142. The number of nitrogens with zero attached hydrogens (tertiary/aromatic N) is 1. The van der Waals surface area contributed by atoms with E-state index in [0.717, 1.165) is 0 Å². The SMILES string of the molecule is C[C@@H]1OC(=O)C[C@@H]1NC(=O)[C@@H]1CCCN1C(=O)[C@@H](NC(=O)c1ccc(N)c(Cl)c1)C(C)(C)C. The van der Waals surface area contributed by atoms with E-state index in [-0.39, 0.29) is 34.8 Å². The number of benzene rings is 1. The molecule has 0 unspecified atom stereocenters. The maximum Gasteiger partial charge on any atom is 0.308 e. The second-order valence-corrected chi connectivity index (χ2v) is 10.1. The maximum atomic E-state index is 13.6. The molecule has 1 aromatic carbocycles. The average molecular weight is 479 g/mol. The zero-order valence-electron chi connectivity index (χ0n) is 19.3. The molecule has 33 heavy (non-hydrogen) atoms. The Hall–Kier alpha value is -2.81. The van der Waals surface area contributed by atoms with Gasteiger partial charge in [-0.2, -0.15) is 0 Å². The molecule has 2 fully saturated rings. The lowest BCUT2D eigenvalue weighted by Crippen LogP contribution is -2.58. The first kappa shape index (κ1) is 24.8. The number of hydrogen-bond acceptors (Lipinski definition) is 6. The van der Waals surface area contributed by atoms with Crippen molar-refractivity contribution < 1.29 is 23.9 Å². The van der Waals surface area contributed by atoms with Crippen LogP contribution in [0.4, 0.5) is 5.69 Å². The summed E-state index contributed by atoms with van der Waals surface area (Å²) in [5.41, 5.74) is 5.74. The summed E-state index contributed by atoms with van der Waals surface area (Å²) in [6.07, 6.45) is 0.864. The van der Waals surface area contributed by atoms with Crippen LogP contribution in [0.25, 0.3) is 0 Å². The second kappa shape index (κ2) is 9.59. The number of carbonyl (C=O) groups is 4. The number of ether oxygens (including phenoxy) is 1. The highest BCUT2D eigenvalue weighted by Gasteiger charge is 2.43. The van der Waals surface area contributed by atoms with Crippen molar-refractivity contribution in [3.63, 3.8) is 0 Å². The van der Waals surface area contributed by atoms with Gasteiger partial charge in [0.05, 0.1) is 23.2 Å². The van der Waals surface area contributed by atoms with Crippen LogP contribution in [0.3, 0.4) is 0 Å². The molecule has 3 amide bonds. The summed E-state index contributed by atoms with van der Waals surface area (Å²) in [5.74, 6) is -1.46. The number of esters is 1. The minimum absolute atomic E-state index is 0.110. The van der Waals surface area contributed by atoms with Crippen molar-refractivity contribution in [2.45, 2.75) is 71.2 Å². The standard InChI is InChI=1S/C23H31ClN4O5/c1-12-16(11-18(29)33-12)26-21(31)17-6-5-9-28(17)22(32)19(23(2,3)4)27-20(30)13-7-8-15(25)14(24)10-13/h7-8,10,12,16-17,19H,5-6,9,11,25H2,1-4H3,(H,26,31)(H,27,30)/t12-,16-,17-,19+/m0/s1. The van der Waals surface area contributed by atoms with Crippen molar-refractivity contribution in [2.24, 2.45) is 5.41 Å². The van der Waals surface area contributed by atoms with Gasteiger partial charge in [-0.3, -0.25) is 19.2 Å². The first-order valence-electron chi connectivity index (χ1n) is 11.0. The number of cyclic esters (lactones) is 1.